The molecule has 0 aliphatic carbocycles. The maximum Gasteiger partial charge on any atom is 0.230 e. The highest BCUT2D eigenvalue weighted by Crippen LogP contribution is 2.19. The lowest BCUT2D eigenvalue weighted by molar-refractivity contribution is -0.119. The van der Waals surface area contributed by atoms with E-state index in [1.54, 1.807) is 11.3 Å². The first-order chi connectivity index (χ1) is 10.6. The van der Waals surface area contributed by atoms with Crippen LogP contribution in [0.4, 0.5) is 0 Å². The number of carbonyl (C=O) groups excluding carboxylic acids is 1. The summed E-state index contributed by atoms with van der Waals surface area (Å²) in [6.07, 6.45) is 2.70. The molecule has 0 saturated heterocycles. The summed E-state index contributed by atoms with van der Waals surface area (Å²) in [5.74, 6) is 1.36. The van der Waals surface area contributed by atoms with Crippen LogP contribution in [0.2, 0.25) is 0 Å². The number of rotatable bonds is 8. The molecule has 0 radical (unpaired) electrons. The molecule has 2 aromatic heterocycles. The summed E-state index contributed by atoms with van der Waals surface area (Å²) in [5, 5.41) is 14.3. The van der Waals surface area contributed by atoms with Gasteiger partial charge in [0.05, 0.1) is 5.75 Å². The number of thiophene rings is 1. The Morgan fingerprint density at radius 3 is 2.82 bits per heavy atom. The molecular weight excluding hydrogens is 316 g/mol. The molecule has 0 aromatic carbocycles. The van der Waals surface area contributed by atoms with Crippen LogP contribution in [-0.4, -0.2) is 32.5 Å². The van der Waals surface area contributed by atoms with Crippen molar-refractivity contribution in [3.63, 3.8) is 0 Å². The van der Waals surface area contributed by atoms with Gasteiger partial charge in [0.15, 0.2) is 5.16 Å². The Hall–Kier alpha value is -1.34. The lowest BCUT2D eigenvalue weighted by Crippen LogP contribution is -2.35. The normalized spacial score (nSPS) is 11.1. The van der Waals surface area contributed by atoms with E-state index >= 15 is 0 Å². The molecule has 0 unspecified atom stereocenters. The van der Waals surface area contributed by atoms with Gasteiger partial charge in [-0.3, -0.25) is 4.79 Å². The van der Waals surface area contributed by atoms with Gasteiger partial charge in [0, 0.05) is 24.4 Å². The molecule has 7 heteroatoms. The molecule has 0 bridgehead atoms. The molecule has 2 heterocycles. The first-order valence-corrected chi connectivity index (χ1v) is 9.33. The second-order valence-electron chi connectivity index (χ2n) is 5.08. The molecule has 0 saturated carbocycles. The number of amides is 1. The molecule has 22 heavy (non-hydrogen) atoms. The molecule has 2 rings (SSSR count). The van der Waals surface area contributed by atoms with E-state index < -0.39 is 0 Å². The molecule has 0 fully saturated rings. The average molecular weight is 339 g/mol. The van der Waals surface area contributed by atoms with Gasteiger partial charge in [-0.2, -0.15) is 0 Å². The fourth-order valence-electron chi connectivity index (χ4n) is 2.09. The summed E-state index contributed by atoms with van der Waals surface area (Å²) < 4.78 is 1.97. The van der Waals surface area contributed by atoms with Gasteiger partial charge in [0.25, 0.3) is 0 Å². The monoisotopic (exact) mass is 338 g/mol. The Morgan fingerprint density at radius 1 is 1.41 bits per heavy atom. The number of nitrogens with one attached hydrogen (secondary N) is 1. The summed E-state index contributed by atoms with van der Waals surface area (Å²) >= 11 is 3.15. The van der Waals surface area contributed by atoms with Crippen molar-refractivity contribution in [2.45, 2.75) is 44.3 Å². The van der Waals surface area contributed by atoms with Crippen LogP contribution in [0.15, 0.2) is 22.7 Å². The minimum atomic E-state index is 0.0570. The molecule has 1 amide bonds. The SMILES string of the molecule is CCC(CC)NC(=O)CSc1nnc(Cc2cccs2)n1C. The second-order valence-corrected chi connectivity index (χ2v) is 7.06. The Kier molecular flexibility index (Phi) is 6.45. The summed E-state index contributed by atoms with van der Waals surface area (Å²) in [6.45, 7) is 4.17. The maximum absolute atomic E-state index is 11.9. The zero-order valence-corrected chi connectivity index (χ0v) is 14.8. The highest BCUT2D eigenvalue weighted by Gasteiger charge is 2.13. The number of hydrogen-bond acceptors (Lipinski definition) is 5. The average Bonchev–Trinajstić information content (AvgIpc) is 3.15. The van der Waals surface area contributed by atoms with Crippen molar-refractivity contribution in [2.24, 2.45) is 7.05 Å². The second kappa shape index (κ2) is 8.33. The molecule has 0 aliphatic heterocycles. The fourth-order valence-corrected chi connectivity index (χ4v) is 3.53. The minimum absolute atomic E-state index is 0.0570. The predicted octanol–water partition coefficient (Wildman–Crippen LogP) is 2.86. The fraction of sp³-hybridized carbons (Fsp3) is 0.533. The van der Waals surface area contributed by atoms with Crippen LogP contribution in [0, 0.1) is 0 Å². The first kappa shape index (κ1) is 17.0. The van der Waals surface area contributed by atoms with Crippen LogP contribution in [-0.2, 0) is 18.3 Å². The predicted molar refractivity (Wildman–Crippen MR) is 91.4 cm³/mol. The number of nitrogens with zero attached hydrogens (tertiary/aromatic N) is 3. The number of carbonyl (C=O) groups is 1. The van der Waals surface area contributed by atoms with Crippen molar-refractivity contribution >= 4 is 29.0 Å². The number of hydrogen-bond donors (Lipinski definition) is 1. The minimum Gasteiger partial charge on any atom is -0.353 e. The van der Waals surface area contributed by atoms with Gasteiger partial charge in [-0.25, -0.2) is 0 Å². The largest absolute Gasteiger partial charge is 0.353 e. The van der Waals surface area contributed by atoms with Gasteiger partial charge in [-0.05, 0) is 24.3 Å². The Labute approximate surface area is 139 Å². The lowest BCUT2D eigenvalue weighted by atomic mass is 10.2. The van der Waals surface area contributed by atoms with Gasteiger partial charge in [0.2, 0.25) is 5.91 Å². The van der Waals surface area contributed by atoms with Crippen molar-refractivity contribution in [3.05, 3.63) is 28.2 Å². The van der Waals surface area contributed by atoms with Crippen LogP contribution < -0.4 is 5.32 Å². The smallest absolute Gasteiger partial charge is 0.230 e. The topological polar surface area (TPSA) is 59.8 Å². The maximum atomic E-state index is 11.9. The van der Waals surface area contributed by atoms with Gasteiger partial charge in [-0.1, -0.05) is 31.7 Å². The van der Waals surface area contributed by atoms with E-state index in [4.69, 9.17) is 0 Å². The van der Waals surface area contributed by atoms with Crippen molar-refractivity contribution in [3.8, 4) is 0 Å². The van der Waals surface area contributed by atoms with Gasteiger partial charge in [-0.15, -0.1) is 21.5 Å². The standard InChI is InChI=1S/C15H22N4OS2/c1-4-11(5-2)16-14(20)10-22-15-18-17-13(19(15)3)9-12-7-6-8-21-12/h6-8,11H,4-5,9-10H2,1-3H3,(H,16,20). The van der Waals surface area contributed by atoms with Crippen LogP contribution >= 0.6 is 23.1 Å². The van der Waals surface area contributed by atoms with Crippen LogP contribution in [0.1, 0.15) is 37.4 Å². The van der Waals surface area contributed by atoms with E-state index in [-0.39, 0.29) is 11.9 Å². The third kappa shape index (κ3) is 4.58. The van der Waals surface area contributed by atoms with Crippen molar-refractivity contribution in [1.82, 2.24) is 20.1 Å². The highest BCUT2D eigenvalue weighted by molar-refractivity contribution is 7.99. The van der Waals surface area contributed by atoms with E-state index in [2.05, 4.69) is 40.8 Å². The van der Waals surface area contributed by atoms with Crippen molar-refractivity contribution in [1.29, 1.82) is 0 Å². The van der Waals surface area contributed by atoms with Gasteiger partial charge >= 0.3 is 0 Å². The van der Waals surface area contributed by atoms with Crippen molar-refractivity contribution < 1.29 is 4.79 Å². The molecule has 0 aliphatic rings. The highest BCUT2D eigenvalue weighted by atomic mass is 32.2. The van der Waals surface area contributed by atoms with Crippen molar-refractivity contribution in [2.75, 3.05) is 5.75 Å². The third-order valence-electron chi connectivity index (χ3n) is 3.52. The van der Waals surface area contributed by atoms with Gasteiger partial charge in [0.1, 0.15) is 5.82 Å². The zero-order valence-electron chi connectivity index (χ0n) is 13.2. The first-order valence-electron chi connectivity index (χ1n) is 7.46. The van der Waals surface area contributed by atoms with Gasteiger partial charge < -0.3 is 9.88 Å². The lowest BCUT2D eigenvalue weighted by Gasteiger charge is -2.14. The summed E-state index contributed by atoms with van der Waals surface area (Å²) in [5.41, 5.74) is 0. The summed E-state index contributed by atoms with van der Waals surface area (Å²) in [7, 11) is 1.95. The quantitative estimate of drug-likeness (QED) is 0.752. The van der Waals surface area contributed by atoms with Crippen LogP contribution in [0.25, 0.3) is 0 Å². The molecule has 0 atom stereocenters. The van der Waals surface area contributed by atoms with Crippen LogP contribution in [0.3, 0.4) is 0 Å². The van der Waals surface area contributed by atoms with Crippen LogP contribution in [0.5, 0.6) is 0 Å². The molecule has 0 spiro atoms. The Morgan fingerprint density at radius 2 is 2.18 bits per heavy atom. The van der Waals surface area contributed by atoms with E-state index in [1.165, 1.54) is 16.6 Å². The molecule has 1 N–H and O–H groups in total. The molecule has 2 aromatic rings. The molecule has 120 valence electrons. The van der Waals surface area contributed by atoms with E-state index in [0.717, 1.165) is 30.2 Å². The third-order valence-corrected chi connectivity index (χ3v) is 5.42. The van der Waals surface area contributed by atoms with E-state index in [9.17, 15) is 4.79 Å². The summed E-state index contributed by atoms with van der Waals surface area (Å²) in [4.78, 5) is 13.2. The Bertz CT molecular complexity index is 591. The zero-order chi connectivity index (χ0) is 15.9. The molecule has 5 nitrogen and oxygen atoms in total. The Balaban J connectivity index is 1.88. The van der Waals surface area contributed by atoms with E-state index in [1.807, 2.05) is 17.7 Å². The number of thioether (sulfide) groups is 1. The number of aromatic nitrogens is 3. The summed E-state index contributed by atoms with van der Waals surface area (Å²) in [6, 6.07) is 4.39. The molecular formula is C15H22N4OS2. The van der Waals surface area contributed by atoms with E-state index in [0.29, 0.717) is 5.75 Å².